The van der Waals surface area contributed by atoms with Crippen LogP contribution in [0.1, 0.15) is 16.8 Å². The van der Waals surface area contributed by atoms with E-state index in [1.807, 2.05) is 72.3 Å². The molecule has 1 aliphatic rings. The summed E-state index contributed by atoms with van der Waals surface area (Å²) in [5.74, 6) is -0.571. The highest BCUT2D eigenvalue weighted by atomic mass is 16.2. The van der Waals surface area contributed by atoms with Crippen molar-refractivity contribution in [1.29, 1.82) is 0 Å². The lowest BCUT2D eigenvalue weighted by Crippen LogP contribution is -2.48. The molecule has 0 saturated carbocycles. The van der Waals surface area contributed by atoms with Crippen molar-refractivity contribution in [3.05, 3.63) is 83.8 Å². The van der Waals surface area contributed by atoms with E-state index < -0.39 is 5.92 Å². The van der Waals surface area contributed by atoms with Crippen LogP contribution in [0, 0.1) is 5.92 Å². The minimum Gasteiger partial charge on any atom is -0.351 e. The van der Waals surface area contributed by atoms with E-state index in [1.165, 1.54) is 0 Å². The fourth-order valence-electron chi connectivity index (χ4n) is 3.51. The Kier molecular flexibility index (Phi) is 4.93. The van der Waals surface area contributed by atoms with E-state index in [-0.39, 0.29) is 11.8 Å². The zero-order valence-corrected chi connectivity index (χ0v) is 15.7. The van der Waals surface area contributed by atoms with Crippen molar-refractivity contribution in [3.8, 4) is 0 Å². The van der Waals surface area contributed by atoms with Gasteiger partial charge in [-0.15, -0.1) is 0 Å². The van der Waals surface area contributed by atoms with Crippen LogP contribution in [0.3, 0.4) is 0 Å². The topological polar surface area (TPSA) is 67.2 Å². The maximum Gasteiger partial charge on any atom is 0.241 e. The number of anilines is 1. The maximum atomic E-state index is 13.2. The third kappa shape index (κ3) is 3.53. The Morgan fingerprint density at radius 1 is 1.07 bits per heavy atom. The Hall–Kier alpha value is -3.41. The molecular formula is C22H22N4O2. The normalized spacial score (nSPS) is 16.0. The van der Waals surface area contributed by atoms with Gasteiger partial charge in [0.2, 0.25) is 11.8 Å². The monoisotopic (exact) mass is 374 g/mol. The summed E-state index contributed by atoms with van der Waals surface area (Å²) in [5.41, 5.74) is 2.90. The first kappa shape index (κ1) is 18.0. The summed E-state index contributed by atoms with van der Waals surface area (Å²) in [6, 6.07) is 19.4. The van der Waals surface area contributed by atoms with Gasteiger partial charge in [0.1, 0.15) is 5.92 Å². The van der Waals surface area contributed by atoms with Crippen molar-refractivity contribution in [2.75, 3.05) is 4.90 Å². The van der Waals surface area contributed by atoms with Crippen LogP contribution in [0.4, 0.5) is 5.82 Å². The second kappa shape index (κ2) is 7.68. The molecule has 0 spiro atoms. The number of imidazole rings is 1. The lowest BCUT2D eigenvalue weighted by atomic mass is 9.95. The summed E-state index contributed by atoms with van der Waals surface area (Å²) in [6.07, 6.45) is 2.05. The van der Waals surface area contributed by atoms with Crippen LogP contribution in [-0.2, 0) is 36.1 Å². The Labute approximate surface area is 163 Å². The Balaban J connectivity index is 1.56. The Morgan fingerprint density at radius 2 is 1.71 bits per heavy atom. The highest BCUT2D eigenvalue weighted by Gasteiger charge is 2.39. The molecule has 1 N–H and O–H groups in total. The van der Waals surface area contributed by atoms with E-state index in [0.717, 1.165) is 16.8 Å². The number of amides is 2. The molecule has 2 amide bonds. The first-order chi connectivity index (χ1) is 13.6. The molecule has 2 aromatic carbocycles. The van der Waals surface area contributed by atoms with Gasteiger partial charge in [0.05, 0.1) is 18.6 Å². The molecule has 0 radical (unpaired) electrons. The number of nitrogens with one attached hydrogen (secondary N) is 1. The highest BCUT2D eigenvalue weighted by molar-refractivity contribution is 6.09. The van der Waals surface area contributed by atoms with Crippen LogP contribution < -0.4 is 10.2 Å². The van der Waals surface area contributed by atoms with E-state index in [4.69, 9.17) is 0 Å². The van der Waals surface area contributed by atoms with Gasteiger partial charge in [-0.25, -0.2) is 4.98 Å². The molecule has 3 aromatic rings. The molecule has 0 aliphatic carbocycles. The van der Waals surface area contributed by atoms with Gasteiger partial charge in [-0.2, -0.15) is 0 Å². The summed E-state index contributed by atoms with van der Waals surface area (Å²) in [4.78, 5) is 32.0. The molecule has 6 heteroatoms. The average molecular weight is 374 g/mol. The predicted octanol–water partition coefficient (Wildman–Crippen LogP) is 2.44. The molecule has 0 saturated heterocycles. The van der Waals surface area contributed by atoms with Gasteiger partial charge in [-0.05, 0) is 11.1 Å². The average Bonchev–Trinajstić information content (AvgIpc) is 3.10. The second-order valence-electron chi connectivity index (χ2n) is 7.00. The number of carbonyl (C=O) groups is 2. The van der Waals surface area contributed by atoms with Gasteiger partial charge in [-0.1, -0.05) is 60.7 Å². The van der Waals surface area contributed by atoms with Crippen LogP contribution in [0.5, 0.6) is 0 Å². The third-order valence-corrected chi connectivity index (χ3v) is 5.06. The number of benzene rings is 2. The van der Waals surface area contributed by atoms with Gasteiger partial charge in [0.15, 0.2) is 5.82 Å². The van der Waals surface area contributed by atoms with E-state index in [2.05, 4.69) is 10.3 Å². The molecule has 1 atom stereocenters. The number of rotatable bonds is 5. The van der Waals surface area contributed by atoms with E-state index in [1.54, 1.807) is 11.2 Å². The molecule has 2 heterocycles. The van der Waals surface area contributed by atoms with Crippen molar-refractivity contribution in [3.63, 3.8) is 0 Å². The maximum absolute atomic E-state index is 13.2. The van der Waals surface area contributed by atoms with Crippen LogP contribution in [0.25, 0.3) is 0 Å². The van der Waals surface area contributed by atoms with E-state index in [0.29, 0.717) is 25.3 Å². The van der Waals surface area contributed by atoms with E-state index in [9.17, 15) is 9.59 Å². The van der Waals surface area contributed by atoms with Crippen molar-refractivity contribution < 1.29 is 9.59 Å². The first-order valence-corrected chi connectivity index (χ1v) is 9.30. The zero-order chi connectivity index (χ0) is 19.5. The predicted molar refractivity (Wildman–Crippen MR) is 106 cm³/mol. The van der Waals surface area contributed by atoms with Crippen LogP contribution >= 0.6 is 0 Å². The smallest absolute Gasteiger partial charge is 0.241 e. The molecule has 1 aromatic heterocycles. The molecule has 28 heavy (non-hydrogen) atoms. The fourth-order valence-corrected chi connectivity index (χ4v) is 3.51. The van der Waals surface area contributed by atoms with Gasteiger partial charge in [0, 0.05) is 20.0 Å². The summed E-state index contributed by atoms with van der Waals surface area (Å²) >= 11 is 0. The molecule has 0 fully saturated rings. The summed E-state index contributed by atoms with van der Waals surface area (Å²) < 4.78 is 1.89. The Bertz CT molecular complexity index is 982. The highest BCUT2D eigenvalue weighted by Crippen LogP contribution is 2.30. The first-order valence-electron chi connectivity index (χ1n) is 9.30. The van der Waals surface area contributed by atoms with Crippen LogP contribution in [0.2, 0.25) is 0 Å². The second-order valence-corrected chi connectivity index (χ2v) is 7.00. The fraction of sp³-hybridized carbons (Fsp3) is 0.227. The number of carbonyl (C=O) groups excluding carboxylic acids is 2. The molecular weight excluding hydrogens is 352 g/mol. The third-order valence-electron chi connectivity index (χ3n) is 5.06. The quantitative estimate of drug-likeness (QED) is 0.698. The van der Waals surface area contributed by atoms with Crippen LogP contribution in [0.15, 0.2) is 67.0 Å². The number of aryl methyl sites for hydroxylation is 1. The summed E-state index contributed by atoms with van der Waals surface area (Å²) in [6.45, 7) is 0.798. The SMILES string of the molecule is Cn1cnc2c1CC(C(=O)NCc1ccccc1)C(=O)N2Cc1ccccc1. The van der Waals surface area contributed by atoms with Gasteiger partial charge >= 0.3 is 0 Å². The largest absolute Gasteiger partial charge is 0.351 e. The number of nitrogens with zero attached hydrogens (tertiary/aromatic N) is 3. The molecule has 1 unspecified atom stereocenters. The minimum atomic E-state index is -0.754. The van der Waals surface area contributed by atoms with Crippen molar-refractivity contribution in [1.82, 2.24) is 14.9 Å². The lowest BCUT2D eigenvalue weighted by molar-refractivity contribution is -0.134. The van der Waals surface area contributed by atoms with Gasteiger partial charge < -0.3 is 9.88 Å². The number of hydrogen-bond donors (Lipinski definition) is 1. The van der Waals surface area contributed by atoms with Crippen molar-refractivity contribution >= 4 is 17.6 Å². The van der Waals surface area contributed by atoms with Gasteiger partial charge in [-0.3, -0.25) is 14.5 Å². The minimum absolute atomic E-state index is 0.208. The standard InChI is InChI=1S/C22H22N4O2/c1-25-15-24-20-19(25)12-18(21(27)23-13-16-8-4-2-5-9-16)22(28)26(20)14-17-10-6-3-7-11-17/h2-11,15,18H,12-14H2,1H3,(H,23,27). The van der Waals surface area contributed by atoms with Crippen molar-refractivity contribution in [2.45, 2.75) is 19.5 Å². The number of aromatic nitrogens is 2. The molecule has 6 nitrogen and oxygen atoms in total. The molecule has 4 rings (SSSR count). The number of fused-ring (bicyclic) bond motifs is 1. The molecule has 1 aliphatic heterocycles. The summed E-state index contributed by atoms with van der Waals surface area (Å²) in [5, 5.41) is 2.91. The van der Waals surface area contributed by atoms with E-state index >= 15 is 0 Å². The molecule has 0 bridgehead atoms. The Morgan fingerprint density at radius 3 is 2.39 bits per heavy atom. The van der Waals surface area contributed by atoms with Gasteiger partial charge in [0.25, 0.3) is 0 Å². The lowest BCUT2D eigenvalue weighted by Gasteiger charge is -2.31. The zero-order valence-electron chi connectivity index (χ0n) is 15.7. The summed E-state index contributed by atoms with van der Waals surface area (Å²) in [7, 11) is 1.89. The van der Waals surface area contributed by atoms with Crippen molar-refractivity contribution in [2.24, 2.45) is 13.0 Å². The molecule has 142 valence electrons. The van der Waals surface area contributed by atoms with Crippen LogP contribution in [-0.4, -0.2) is 21.4 Å². The number of hydrogen-bond acceptors (Lipinski definition) is 3.